The van der Waals surface area contributed by atoms with E-state index in [0.717, 1.165) is 17.3 Å². The molecule has 0 saturated heterocycles. The molecule has 0 unspecified atom stereocenters. The standard InChI is InChI=1S/C20H17N3O4.K/c1-11-17-14(7-4-8-16(17)27-18(11)20(25)26)22-23-19(24)15-10-9-12-5-2-3-6-13(12)21-15;/h2-3,5-6,9-10H,4,7-8H2,1H3,(H,23,24)(H,25,26);/q;+1/p-1/b22-14+;. The molecule has 1 aliphatic carbocycles. The fourth-order valence-corrected chi connectivity index (χ4v) is 3.34. The minimum absolute atomic E-state index is 0. The summed E-state index contributed by atoms with van der Waals surface area (Å²) in [5.41, 5.74) is 5.22. The fraction of sp³-hybridized carbons (Fsp3) is 0.200. The summed E-state index contributed by atoms with van der Waals surface area (Å²) in [6.45, 7) is 1.65. The zero-order chi connectivity index (χ0) is 19.0. The van der Waals surface area contributed by atoms with Crippen molar-refractivity contribution in [2.24, 2.45) is 5.10 Å². The van der Waals surface area contributed by atoms with Crippen molar-refractivity contribution in [2.45, 2.75) is 26.2 Å². The van der Waals surface area contributed by atoms with Crippen LogP contribution in [0.3, 0.4) is 0 Å². The SMILES string of the molecule is Cc1c(C(=O)[O-])oc2c1/C(=N/NC(=O)c1ccc3ccccc3n1)CCC2.[K+]. The van der Waals surface area contributed by atoms with Gasteiger partial charge in [-0.2, -0.15) is 5.10 Å². The zero-order valence-electron chi connectivity index (χ0n) is 15.6. The number of hydrogen-bond donors (Lipinski definition) is 1. The number of carboxylic acids is 1. The Labute approximate surface area is 203 Å². The van der Waals surface area contributed by atoms with Crippen LogP contribution in [0.2, 0.25) is 0 Å². The number of aromatic nitrogens is 1. The number of benzene rings is 1. The van der Waals surface area contributed by atoms with E-state index < -0.39 is 11.9 Å². The maximum absolute atomic E-state index is 12.4. The van der Waals surface area contributed by atoms with Crippen molar-refractivity contribution < 1.29 is 70.5 Å². The summed E-state index contributed by atoms with van der Waals surface area (Å²) in [6, 6.07) is 11.0. The molecular formula is C20H16KN3O4. The molecule has 136 valence electrons. The van der Waals surface area contributed by atoms with Gasteiger partial charge in [0.15, 0.2) is 5.76 Å². The molecule has 1 N–H and O–H groups in total. The molecule has 0 bridgehead atoms. The van der Waals surface area contributed by atoms with Gasteiger partial charge in [-0.1, -0.05) is 24.3 Å². The van der Waals surface area contributed by atoms with Crippen molar-refractivity contribution >= 4 is 28.5 Å². The van der Waals surface area contributed by atoms with Crippen LogP contribution in [0.15, 0.2) is 45.9 Å². The van der Waals surface area contributed by atoms with Gasteiger partial charge < -0.3 is 14.3 Å². The average molecular weight is 401 g/mol. The maximum atomic E-state index is 12.4. The maximum Gasteiger partial charge on any atom is 1.00 e. The molecule has 8 heteroatoms. The van der Waals surface area contributed by atoms with Gasteiger partial charge in [0.05, 0.1) is 11.2 Å². The number of aromatic carboxylic acids is 1. The van der Waals surface area contributed by atoms with Crippen LogP contribution in [0.4, 0.5) is 0 Å². The number of para-hydroxylation sites is 1. The van der Waals surface area contributed by atoms with Crippen LogP contribution in [-0.4, -0.2) is 22.6 Å². The molecule has 2 heterocycles. The van der Waals surface area contributed by atoms with Gasteiger partial charge in [-0.25, -0.2) is 10.4 Å². The van der Waals surface area contributed by atoms with Crippen molar-refractivity contribution in [1.82, 2.24) is 10.4 Å². The minimum atomic E-state index is -1.36. The van der Waals surface area contributed by atoms with Crippen LogP contribution in [0.25, 0.3) is 10.9 Å². The van der Waals surface area contributed by atoms with E-state index in [-0.39, 0.29) is 62.8 Å². The number of amides is 1. The number of aryl methyl sites for hydroxylation is 1. The van der Waals surface area contributed by atoms with E-state index >= 15 is 0 Å². The van der Waals surface area contributed by atoms with Crippen molar-refractivity contribution in [3.05, 3.63) is 64.7 Å². The van der Waals surface area contributed by atoms with Crippen LogP contribution in [0.5, 0.6) is 0 Å². The first-order valence-corrected chi connectivity index (χ1v) is 8.61. The summed E-state index contributed by atoms with van der Waals surface area (Å²) in [6.07, 6.45) is 2.00. The molecule has 4 rings (SSSR count). The molecule has 1 aromatic carbocycles. The van der Waals surface area contributed by atoms with E-state index in [2.05, 4.69) is 15.5 Å². The number of furan rings is 1. The molecule has 2 aromatic heterocycles. The number of carbonyl (C=O) groups is 2. The van der Waals surface area contributed by atoms with Crippen LogP contribution in [-0.2, 0) is 6.42 Å². The Hall–Kier alpha value is -1.84. The van der Waals surface area contributed by atoms with Gasteiger partial charge in [-0.05, 0) is 31.9 Å². The average Bonchev–Trinajstić information content (AvgIpc) is 3.03. The first-order chi connectivity index (χ1) is 13.0. The molecule has 1 aliphatic rings. The number of carbonyl (C=O) groups excluding carboxylic acids is 2. The molecule has 0 spiro atoms. The van der Waals surface area contributed by atoms with Crippen LogP contribution >= 0.6 is 0 Å². The molecule has 0 atom stereocenters. The van der Waals surface area contributed by atoms with Crippen LogP contribution in [0.1, 0.15) is 50.8 Å². The largest absolute Gasteiger partial charge is 1.00 e. The normalized spacial score (nSPS) is 14.4. The van der Waals surface area contributed by atoms with E-state index in [1.165, 1.54) is 0 Å². The zero-order valence-corrected chi connectivity index (χ0v) is 18.7. The third-order valence-corrected chi connectivity index (χ3v) is 4.63. The van der Waals surface area contributed by atoms with Crippen molar-refractivity contribution in [2.75, 3.05) is 0 Å². The van der Waals surface area contributed by atoms with Gasteiger partial charge in [0, 0.05) is 22.9 Å². The number of nitrogens with one attached hydrogen (secondary N) is 1. The second kappa shape index (κ2) is 8.67. The van der Waals surface area contributed by atoms with Crippen LogP contribution < -0.4 is 61.9 Å². The molecule has 0 aliphatic heterocycles. The Kier molecular flexibility index (Phi) is 6.46. The third kappa shape index (κ3) is 3.96. The number of pyridine rings is 1. The number of fused-ring (bicyclic) bond motifs is 2. The smallest absolute Gasteiger partial charge is 0.542 e. The van der Waals surface area contributed by atoms with Crippen molar-refractivity contribution in [3.63, 3.8) is 0 Å². The Morgan fingerprint density at radius 1 is 1.18 bits per heavy atom. The van der Waals surface area contributed by atoms with Crippen molar-refractivity contribution in [1.29, 1.82) is 0 Å². The Bertz CT molecular complexity index is 1100. The minimum Gasteiger partial charge on any atom is -0.542 e. The summed E-state index contributed by atoms with van der Waals surface area (Å²) < 4.78 is 5.40. The number of hydrogen-bond acceptors (Lipinski definition) is 6. The van der Waals surface area contributed by atoms with Crippen LogP contribution in [0, 0.1) is 6.92 Å². The van der Waals surface area contributed by atoms with Gasteiger partial charge in [-0.3, -0.25) is 4.79 Å². The van der Waals surface area contributed by atoms with Gasteiger partial charge in [0.2, 0.25) is 0 Å². The van der Waals surface area contributed by atoms with Crippen molar-refractivity contribution in [3.8, 4) is 0 Å². The molecule has 1 amide bonds. The molecule has 28 heavy (non-hydrogen) atoms. The third-order valence-electron chi connectivity index (χ3n) is 4.63. The Balaban J connectivity index is 0.00000225. The Morgan fingerprint density at radius 3 is 2.75 bits per heavy atom. The van der Waals surface area contributed by atoms with E-state index in [1.54, 1.807) is 13.0 Å². The molecule has 0 fully saturated rings. The quantitative estimate of drug-likeness (QED) is 0.446. The molecule has 0 radical (unpaired) electrons. The molecular weight excluding hydrogens is 385 g/mol. The van der Waals surface area contributed by atoms with E-state index in [0.29, 0.717) is 35.4 Å². The summed E-state index contributed by atoms with van der Waals surface area (Å²) in [4.78, 5) is 28.0. The number of nitrogens with zero attached hydrogens (tertiary/aromatic N) is 2. The second-order valence-electron chi connectivity index (χ2n) is 6.38. The van der Waals surface area contributed by atoms with Gasteiger partial charge >= 0.3 is 51.4 Å². The summed E-state index contributed by atoms with van der Waals surface area (Å²) in [5, 5.41) is 16.3. The summed E-state index contributed by atoms with van der Waals surface area (Å²) in [7, 11) is 0. The molecule has 3 aromatic rings. The summed E-state index contributed by atoms with van der Waals surface area (Å²) >= 11 is 0. The summed E-state index contributed by atoms with van der Waals surface area (Å²) in [5.74, 6) is -1.40. The first kappa shape index (κ1) is 20.9. The van der Waals surface area contributed by atoms with E-state index in [9.17, 15) is 14.7 Å². The van der Waals surface area contributed by atoms with Gasteiger partial charge in [-0.15, -0.1) is 0 Å². The first-order valence-electron chi connectivity index (χ1n) is 8.61. The van der Waals surface area contributed by atoms with E-state index in [4.69, 9.17) is 4.42 Å². The second-order valence-corrected chi connectivity index (χ2v) is 6.38. The predicted octanol–water partition coefficient (Wildman–Crippen LogP) is -1.03. The number of carboxylic acid groups (broad SMARTS) is 1. The fourth-order valence-electron chi connectivity index (χ4n) is 3.34. The molecule has 0 saturated carbocycles. The van der Waals surface area contributed by atoms with Gasteiger partial charge in [0.25, 0.3) is 5.91 Å². The topological polar surface area (TPSA) is 108 Å². The molecule has 7 nitrogen and oxygen atoms in total. The monoisotopic (exact) mass is 401 g/mol. The number of rotatable bonds is 3. The predicted molar refractivity (Wildman–Crippen MR) is 96.5 cm³/mol. The van der Waals surface area contributed by atoms with Gasteiger partial charge in [0.1, 0.15) is 17.4 Å². The number of hydrazone groups is 1. The van der Waals surface area contributed by atoms with E-state index in [1.807, 2.05) is 30.3 Å². The Morgan fingerprint density at radius 2 is 1.96 bits per heavy atom.